The molecule has 0 saturated carbocycles. The SMILES string of the molecule is CCn1c2ccccc2c2ccc(C=O)c(C=O)c21. The van der Waals surface area contributed by atoms with Gasteiger partial charge in [-0.3, -0.25) is 9.59 Å². The Balaban J connectivity index is 2.62. The number of aryl methyl sites for hydroxylation is 1. The molecule has 0 amide bonds. The van der Waals surface area contributed by atoms with Gasteiger partial charge in [-0.1, -0.05) is 30.3 Å². The second kappa shape index (κ2) is 4.35. The molecule has 2 aromatic carbocycles. The fraction of sp³-hybridized carbons (Fsp3) is 0.125. The van der Waals surface area contributed by atoms with E-state index in [9.17, 15) is 9.59 Å². The minimum Gasteiger partial charge on any atom is -0.340 e. The summed E-state index contributed by atoms with van der Waals surface area (Å²) in [5.41, 5.74) is 2.86. The molecule has 0 aliphatic heterocycles. The highest BCUT2D eigenvalue weighted by Gasteiger charge is 2.15. The Labute approximate surface area is 110 Å². The van der Waals surface area contributed by atoms with Crippen molar-refractivity contribution in [2.45, 2.75) is 13.5 Å². The standard InChI is InChI=1S/C16H13NO2/c1-2-17-15-6-4-3-5-12(15)13-8-7-11(9-18)14(10-19)16(13)17/h3-10H,2H2,1H3. The summed E-state index contributed by atoms with van der Waals surface area (Å²) >= 11 is 0. The van der Waals surface area contributed by atoms with Gasteiger partial charge in [0.15, 0.2) is 12.6 Å². The van der Waals surface area contributed by atoms with E-state index in [1.807, 2.05) is 37.3 Å². The van der Waals surface area contributed by atoms with Gasteiger partial charge in [-0.2, -0.15) is 0 Å². The molecule has 1 aromatic heterocycles. The molecule has 0 fully saturated rings. The number of aldehydes is 2. The van der Waals surface area contributed by atoms with Crippen LogP contribution in [-0.4, -0.2) is 17.1 Å². The molecule has 94 valence electrons. The van der Waals surface area contributed by atoms with Crippen LogP contribution in [0.15, 0.2) is 36.4 Å². The van der Waals surface area contributed by atoms with Crippen molar-refractivity contribution in [2.24, 2.45) is 0 Å². The molecular formula is C16H13NO2. The number of aromatic nitrogens is 1. The third kappa shape index (κ3) is 1.51. The minimum absolute atomic E-state index is 0.444. The van der Waals surface area contributed by atoms with Crippen LogP contribution in [0.1, 0.15) is 27.6 Å². The molecule has 3 rings (SSSR count). The third-order valence-corrected chi connectivity index (χ3v) is 3.57. The molecule has 0 radical (unpaired) electrons. The van der Waals surface area contributed by atoms with Crippen molar-refractivity contribution in [1.82, 2.24) is 4.57 Å². The molecule has 3 nitrogen and oxygen atoms in total. The first kappa shape index (κ1) is 11.7. The molecule has 0 N–H and O–H groups in total. The predicted molar refractivity (Wildman–Crippen MR) is 75.9 cm³/mol. The molecule has 0 bridgehead atoms. The van der Waals surface area contributed by atoms with E-state index < -0.39 is 0 Å². The van der Waals surface area contributed by atoms with Gasteiger partial charge >= 0.3 is 0 Å². The zero-order valence-corrected chi connectivity index (χ0v) is 10.6. The molecule has 0 unspecified atom stereocenters. The van der Waals surface area contributed by atoms with E-state index in [0.717, 1.165) is 40.9 Å². The molecule has 0 atom stereocenters. The molecule has 0 spiro atoms. The van der Waals surface area contributed by atoms with Crippen LogP contribution in [-0.2, 0) is 6.54 Å². The van der Waals surface area contributed by atoms with Crippen LogP contribution >= 0.6 is 0 Å². The second-order valence-corrected chi connectivity index (χ2v) is 4.46. The van der Waals surface area contributed by atoms with Crippen molar-refractivity contribution in [2.75, 3.05) is 0 Å². The lowest BCUT2D eigenvalue weighted by atomic mass is 10.0. The number of carbonyl (C=O) groups is 2. The quantitative estimate of drug-likeness (QED) is 0.669. The molecule has 19 heavy (non-hydrogen) atoms. The highest BCUT2D eigenvalue weighted by atomic mass is 16.1. The fourth-order valence-corrected chi connectivity index (χ4v) is 2.74. The number of benzene rings is 2. The molecule has 0 aliphatic carbocycles. The Morgan fingerprint density at radius 2 is 1.79 bits per heavy atom. The topological polar surface area (TPSA) is 39.1 Å². The highest BCUT2D eigenvalue weighted by molar-refractivity contribution is 6.14. The summed E-state index contributed by atoms with van der Waals surface area (Å²) in [5.74, 6) is 0. The lowest BCUT2D eigenvalue weighted by Crippen LogP contribution is -1.99. The maximum absolute atomic E-state index is 11.4. The average Bonchev–Trinajstić information content (AvgIpc) is 2.80. The first-order chi connectivity index (χ1) is 9.31. The van der Waals surface area contributed by atoms with Crippen molar-refractivity contribution in [1.29, 1.82) is 0 Å². The highest BCUT2D eigenvalue weighted by Crippen LogP contribution is 2.31. The summed E-state index contributed by atoms with van der Waals surface area (Å²) in [6, 6.07) is 11.7. The van der Waals surface area contributed by atoms with Crippen LogP contribution in [0.3, 0.4) is 0 Å². The minimum atomic E-state index is 0.444. The lowest BCUT2D eigenvalue weighted by molar-refractivity contribution is 0.109. The van der Waals surface area contributed by atoms with Crippen molar-refractivity contribution in [3.63, 3.8) is 0 Å². The molecule has 1 heterocycles. The van der Waals surface area contributed by atoms with Gasteiger partial charge in [0.05, 0.1) is 5.52 Å². The Hall–Kier alpha value is -2.42. The Morgan fingerprint density at radius 3 is 2.47 bits per heavy atom. The Kier molecular flexibility index (Phi) is 2.67. The van der Waals surface area contributed by atoms with Crippen LogP contribution in [0.25, 0.3) is 21.8 Å². The van der Waals surface area contributed by atoms with Gasteiger partial charge in [-0.15, -0.1) is 0 Å². The van der Waals surface area contributed by atoms with Gasteiger partial charge in [-0.25, -0.2) is 0 Å². The predicted octanol–water partition coefficient (Wildman–Crippen LogP) is 3.44. The van der Waals surface area contributed by atoms with Gasteiger partial charge in [0, 0.05) is 34.0 Å². The summed E-state index contributed by atoms with van der Waals surface area (Å²) < 4.78 is 2.08. The van der Waals surface area contributed by atoms with Crippen LogP contribution in [0, 0.1) is 0 Å². The number of hydrogen-bond acceptors (Lipinski definition) is 2. The number of carbonyl (C=O) groups excluding carboxylic acids is 2. The van der Waals surface area contributed by atoms with Gasteiger partial charge in [0.2, 0.25) is 0 Å². The molecular weight excluding hydrogens is 238 g/mol. The van der Waals surface area contributed by atoms with Crippen LogP contribution < -0.4 is 0 Å². The van der Waals surface area contributed by atoms with Gasteiger partial charge in [0.1, 0.15) is 0 Å². The molecule has 3 heteroatoms. The van der Waals surface area contributed by atoms with Gasteiger partial charge in [-0.05, 0) is 13.0 Å². The largest absolute Gasteiger partial charge is 0.340 e. The maximum atomic E-state index is 11.4. The van der Waals surface area contributed by atoms with Crippen LogP contribution in [0.5, 0.6) is 0 Å². The van der Waals surface area contributed by atoms with Crippen LogP contribution in [0.4, 0.5) is 0 Å². The average molecular weight is 251 g/mol. The van der Waals surface area contributed by atoms with E-state index in [4.69, 9.17) is 0 Å². The number of para-hydroxylation sites is 1. The summed E-state index contributed by atoms with van der Waals surface area (Å²) in [6.07, 6.45) is 1.51. The monoisotopic (exact) mass is 251 g/mol. The zero-order chi connectivity index (χ0) is 13.4. The first-order valence-corrected chi connectivity index (χ1v) is 6.26. The van der Waals surface area contributed by atoms with Crippen molar-refractivity contribution in [3.8, 4) is 0 Å². The summed E-state index contributed by atoms with van der Waals surface area (Å²) in [6.45, 7) is 2.79. The van der Waals surface area contributed by atoms with Gasteiger partial charge in [0.25, 0.3) is 0 Å². The number of nitrogens with zero attached hydrogens (tertiary/aromatic N) is 1. The first-order valence-electron chi connectivity index (χ1n) is 6.26. The second-order valence-electron chi connectivity index (χ2n) is 4.46. The lowest BCUT2D eigenvalue weighted by Gasteiger charge is -2.06. The fourth-order valence-electron chi connectivity index (χ4n) is 2.74. The van der Waals surface area contributed by atoms with Crippen molar-refractivity contribution in [3.05, 3.63) is 47.5 Å². The van der Waals surface area contributed by atoms with Crippen molar-refractivity contribution < 1.29 is 9.59 Å². The molecule has 0 saturated heterocycles. The maximum Gasteiger partial charge on any atom is 0.152 e. The Morgan fingerprint density at radius 1 is 1.00 bits per heavy atom. The number of rotatable bonds is 3. The van der Waals surface area contributed by atoms with E-state index in [0.29, 0.717) is 11.1 Å². The molecule has 0 aliphatic rings. The number of fused-ring (bicyclic) bond motifs is 3. The van der Waals surface area contributed by atoms with E-state index in [1.165, 1.54) is 0 Å². The smallest absolute Gasteiger partial charge is 0.152 e. The summed E-state index contributed by atoms with van der Waals surface area (Å²) in [4.78, 5) is 22.4. The van der Waals surface area contributed by atoms with E-state index >= 15 is 0 Å². The van der Waals surface area contributed by atoms with Crippen molar-refractivity contribution >= 4 is 34.4 Å². The third-order valence-electron chi connectivity index (χ3n) is 3.57. The van der Waals surface area contributed by atoms with Gasteiger partial charge < -0.3 is 4.57 Å². The van der Waals surface area contributed by atoms with Crippen LogP contribution in [0.2, 0.25) is 0 Å². The van der Waals surface area contributed by atoms with E-state index in [1.54, 1.807) is 6.07 Å². The van der Waals surface area contributed by atoms with E-state index in [-0.39, 0.29) is 0 Å². The number of hydrogen-bond donors (Lipinski definition) is 0. The molecule has 3 aromatic rings. The zero-order valence-electron chi connectivity index (χ0n) is 10.6. The summed E-state index contributed by atoms with van der Waals surface area (Å²) in [7, 11) is 0. The normalized spacial score (nSPS) is 11.0. The Bertz CT molecular complexity index is 799. The van der Waals surface area contributed by atoms with E-state index in [2.05, 4.69) is 4.57 Å². The summed E-state index contributed by atoms with van der Waals surface area (Å²) in [5, 5.41) is 2.13.